The number of nitrogens with one attached hydrogen (secondary N) is 1. The van der Waals surface area contributed by atoms with Gasteiger partial charge in [0.15, 0.2) is 0 Å². The van der Waals surface area contributed by atoms with Gasteiger partial charge in [0.05, 0.1) is 10.0 Å². The number of hydrogen-bond donors (Lipinski definition) is 1. The average molecular weight is 288 g/mol. The summed E-state index contributed by atoms with van der Waals surface area (Å²) >= 11 is 3.07. The molecule has 0 saturated carbocycles. The average Bonchev–Trinajstić information content (AvgIpc) is 2.17. The Bertz CT molecular complexity index is 398. The molecule has 1 amide bonds. The van der Waals surface area contributed by atoms with E-state index in [0.717, 1.165) is 0 Å². The summed E-state index contributed by atoms with van der Waals surface area (Å²) in [4.78, 5) is 11.8. The molecule has 1 N–H and O–H groups in total. The van der Waals surface area contributed by atoms with Crippen LogP contribution in [0.1, 0.15) is 31.1 Å². The van der Waals surface area contributed by atoms with Crippen LogP contribution in [0.4, 0.5) is 4.39 Å². The summed E-state index contributed by atoms with van der Waals surface area (Å²) in [5.41, 5.74) is 0.333. The number of benzene rings is 1. The molecular formula is C12H15BrFNO. The predicted molar refractivity (Wildman–Crippen MR) is 65.9 cm³/mol. The number of amides is 1. The lowest BCUT2D eigenvalue weighted by Crippen LogP contribution is -2.32. The van der Waals surface area contributed by atoms with Gasteiger partial charge in [-0.3, -0.25) is 4.79 Å². The van der Waals surface area contributed by atoms with E-state index in [-0.39, 0.29) is 15.8 Å². The quantitative estimate of drug-likeness (QED) is 0.888. The summed E-state index contributed by atoms with van der Waals surface area (Å²) in [6.07, 6.45) is 0. The summed E-state index contributed by atoms with van der Waals surface area (Å²) in [6.45, 7) is 6.62. The first-order valence-corrected chi connectivity index (χ1v) is 5.83. The predicted octanol–water partition coefficient (Wildman–Crippen LogP) is 3.36. The van der Waals surface area contributed by atoms with E-state index in [0.29, 0.717) is 12.1 Å². The first kappa shape index (κ1) is 13.2. The van der Waals surface area contributed by atoms with Crippen LogP contribution in [-0.2, 0) is 0 Å². The third-order valence-electron chi connectivity index (χ3n) is 1.98. The molecule has 0 heterocycles. The summed E-state index contributed by atoms with van der Waals surface area (Å²) < 4.78 is 13.4. The molecule has 0 spiro atoms. The molecule has 0 fully saturated rings. The van der Waals surface area contributed by atoms with Crippen molar-refractivity contribution in [2.24, 2.45) is 5.41 Å². The highest BCUT2D eigenvalue weighted by Gasteiger charge is 2.16. The molecule has 0 unspecified atom stereocenters. The molecule has 0 atom stereocenters. The molecule has 16 heavy (non-hydrogen) atoms. The molecule has 1 aromatic carbocycles. The number of carbonyl (C=O) groups is 1. The topological polar surface area (TPSA) is 29.1 Å². The molecule has 1 aromatic rings. The lowest BCUT2D eigenvalue weighted by Gasteiger charge is -2.19. The van der Waals surface area contributed by atoms with Crippen LogP contribution in [-0.4, -0.2) is 12.5 Å². The summed E-state index contributed by atoms with van der Waals surface area (Å²) in [5.74, 6) is -0.690. The maximum absolute atomic E-state index is 13.2. The largest absolute Gasteiger partial charge is 0.351 e. The van der Waals surface area contributed by atoms with E-state index in [9.17, 15) is 9.18 Å². The fourth-order valence-corrected chi connectivity index (χ4v) is 1.56. The minimum absolute atomic E-state index is 0.00939. The van der Waals surface area contributed by atoms with Gasteiger partial charge in [0, 0.05) is 6.54 Å². The summed E-state index contributed by atoms with van der Waals surface area (Å²) in [7, 11) is 0. The van der Waals surface area contributed by atoms with Gasteiger partial charge in [-0.1, -0.05) is 26.8 Å². The van der Waals surface area contributed by atoms with E-state index in [4.69, 9.17) is 0 Å². The molecule has 0 aromatic heterocycles. The van der Waals surface area contributed by atoms with Gasteiger partial charge in [0.1, 0.15) is 5.82 Å². The molecule has 0 saturated heterocycles. The maximum atomic E-state index is 13.2. The van der Waals surface area contributed by atoms with Crippen LogP contribution in [0.25, 0.3) is 0 Å². The third kappa shape index (κ3) is 3.59. The zero-order valence-electron chi connectivity index (χ0n) is 9.60. The van der Waals surface area contributed by atoms with Gasteiger partial charge in [-0.05, 0) is 33.5 Å². The van der Waals surface area contributed by atoms with Crippen molar-refractivity contribution in [1.29, 1.82) is 0 Å². The highest BCUT2D eigenvalue weighted by Crippen LogP contribution is 2.20. The highest BCUT2D eigenvalue weighted by molar-refractivity contribution is 9.10. The molecule has 0 aliphatic rings. The van der Waals surface area contributed by atoms with Gasteiger partial charge in [0.2, 0.25) is 0 Å². The Balaban J connectivity index is 2.78. The van der Waals surface area contributed by atoms with Crippen molar-refractivity contribution in [3.8, 4) is 0 Å². The standard InChI is InChI=1S/C12H15BrFNO/c1-12(2,3)7-15-11(16)8-5-4-6-9(14)10(8)13/h4-6H,7H2,1-3H3,(H,15,16). The second-order valence-electron chi connectivity index (χ2n) is 4.84. The van der Waals surface area contributed by atoms with E-state index in [1.54, 1.807) is 6.07 Å². The van der Waals surface area contributed by atoms with Crippen molar-refractivity contribution in [1.82, 2.24) is 5.32 Å². The highest BCUT2D eigenvalue weighted by atomic mass is 79.9. The van der Waals surface area contributed by atoms with E-state index >= 15 is 0 Å². The Labute approximate surface area is 103 Å². The van der Waals surface area contributed by atoms with Gasteiger partial charge in [-0.15, -0.1) is 0 Å². The zero-order chi connectivity index (χ0) is 12.3. The van der Waals surface area contributed by atoms with E-state index in [1.165, 1.54) is 12.1 Å². The summed E-state index contributed by atoms with van der Waals surface area (Å²) in [5, 5.41) is 2.77. The van der Waals surface area contributed by atoms with Crippen LogP contribution in [0.15, 0.2) is 22.7 Å². The Hall–Kier alpha value is -0.900. The molecule has 0 aliphatic heterocycles. The Morgan fingerprint density at radius 1 is 1.44 bits per heavy atom. The third-order valence-corrected chi connectivity index (χ3v) is 2.78. The van der Waals surface area contributed by atoms with Crippen molar-refractivity contribution in [3.05, 3.63) is 34.1 Å². The smallest absolute Gasteiger partial charge is 0.252 e. The molecule has 0 radical (unpaired) electrons. The molecule has 88 valence electrons. The van der Waals surface area contributed by atoms with Gasteiger partial charge in [-0.25, -0.2) is 4.39 Å². The minimum Gasteiger partial charge on any atom is -0.351 e. The van der Waals surface area contributed by atoms with Crippen LogP contribution in [0.5, 0.6) is 0 Å². The molecular weight excluding hydrogens is 273 g/mol. The number of halogens is 2. The SMILES string of the molecule is CC(C)(C)CNC(=O)c1cccc(F)c1Br. The first-order chi connectivity index (χ1) is 7.31. The van der Waals surface area contributed by atoms with Gasteiger partial charge in [-0.2, -0.15) is 0 Å². The van der Waals surface area contributed by atoms with E-state index in [1.807, 2.05) is 20.8 Å². The lowest BCUT2D eigenvalue weighted by molar-refractivity contribution is 0.0938. The van der Waals surface area contributed by atoms with Gasteiger partial charge in [0.25, 0.3) is 5.91 Å². The Morgan fingerprint density at radius 3 is 2.62 bits per heavy atom. The van der Waals surface area contributed by atoms with Crippen molar-refractivity contribution < 1.29 is 9.18 Å². The van der Waals surface area contributed by atoms with Crippen molar-refractivity contribution >= 4 is 21.8 Å². The second-order valence-corrected chi connectivity index (χ2v) is 5.64. The Kier molecular flexibility index (Phi) is 4.08. The normalized spacial score (nSPS) is 11.3. The minimum atomic E-state index is -0.427. The van der Waals surface area contributed by atoms with Crippen molar-refractivity contribution in [2.75, 3.05) is 6.54 Å². The fourth-order valence-electron chi connectivity index (χ4n) is 1.12. The first-order valence-electron chi connectivity index (χ1n) is 5.03. The van der Waals surface area contributed by atoms with Crippen molar-refractivity contribution in [2.45, 2.75) is 20.8 Å². The lowest BCUT2D eigenvalue weighted by atomic mass is 9.97. The van der Waals surface area contributed by atoms with Crippen LogP contribution < -0.4 is 5.32 Å². The number of hydrogen-bond acceptors (Lipinski definition) is 1. The summed E-state index contributed by atoms with van der Waals surface area (Å²) in [6, 6.07) is 4.42. The van der Waals surface area contributed by atoms with Crippen LogP contribution in [0, 0.1) is 11.2 Å². The maximum Gasteiger partial charge on any atom is 0.252 e. The van der Waals surface area contributed by atoms with E-state index in [2.05, 4.69) is 21.2 Å². The molecule has 0 bridgehead atoms. The second kappa shape index (κ2) is 4.95. The number of rotatable bonds is 2. The molecule has 0 aliphatic carbocycles. The van der Waals surface area contributed by atoms with Crippen LogP contribution in [0.3, 0.4) is 0 Å². The zero-order valence-corrected chi connectivity index (χ0v) is 11.2. The van der Waals surface area contributed by atoms with Gasteiger partial charge >= 0.3 is 0 Å². The van der Waals surface area contributed by atoms with Crippen LogP contribution >= 0.6 is 15.9 Å². The number of carbonyl (C=O) groups excluding carboxylic acids is 1. The van der Waals surface area contributed by atoms with E-state index < -0.39 is 5.82 Å². The van der Waals surface area contributed by atoms with Crippen molar-refractivity contribution in [3.63, 3.8) is 0 Å². The van der Waals surface area contributed by atoms with Crippen LogP contribution in [0.2, 0.25) is 0 Å². The molecule has 2 nitrogen and oxygen atoms in total. The van der Waals surface area contributed by atoms with Gasteiger partial charge < -0.3 is 5.32 Å². The monoisotopic (exact) mass is 287 g/mol. The Morgan fingerprint density at radius 2 is 2.06 bits per heavy atom. The fraction of sp³-hybridized carbons (Fsp3) is 0.417. The molecule has 4 heteroatoms. The molecule has 1 rings (SSSR count).